The molecule has 0 spiro atoms. The normalized spacial score (nSPS) is 11.3. The number of para-hydroxylation sites is 1. The highest BCUT2D eigenvalue weighted by atomic mass is 16.5. The quantitative estimate of drug-likeness (QED) is 0.376. The predicted octanol–water partition coefficient (Wildman–Crippen LogP) is 3.21. The van der Waals surface area contributed by atoms with Crippen LogP contribution in [-0.4, -0.2) is 35.4 Å². The summed E-state index contributed by atoms with van der Waals surface area (Å²) in [5.41, 5.74) is 0.825. The molecule has 7 nitrogen and oxygen atoms in total. The Balaban J connectivity index is 2.16. The van der Waals surface area contributed by atoms with Gasteiger partial charge >= 0.3 is 11.9 Å². The van der Waals surface area contributed by atoms with Crippen LogP contribution in [0, 0.1) is 0 Å². The average Bonchev–Trinajstić information content (AvgIpc) is 2.73. The number of carbonyl (C=O) groups is 2. The zero-order valence-electron chi connectivity index (χ0n) is 16.5. The van der Waals surface area contributed by atoms with Gasteiger partial charge in [0.15, 0.2) is 0 Å². The van der Waals surface area contributed by atoms with Gasteiger partial charge in [-0.3, -0.25) is 4.79 Å². The zero-order valence-corrected chi connectivity index (χ0v) is 16.5. The third-order valence-corrected chi connectivity index (χ3v) is 4.12. The summed E-state index contributed by atoms with van der Waals surface area (Å²) in [6.07, 6.45) is 8.36. The van der Waals surface area contributed by atoms with Gasteiger partial charge in [0.05, 0.1) is 31.0 Å². The van der Waals surface area contributed by atoms with E-state index in [0.717, 1.165) is 25.6 Å². The van der Waals surface area contributed by atoms with Crippen molar-refractivity contribution in [1.82, 2.24) is 9.78 Å². The zero-order chi connectivity index (χ0) is 20.2. The monoisotopic (exact) mass is 385 g/mol. The van der Waals surface area contributed by atoms with E-state index in [0.29, 0.717) is 12.5 Å². The molecule has 0 fully saturated rings. The van der Waals surface area contributed by atoms with Crippen LogP contribution in [0.2, 0.25) is 0 Å². The Labute approximate surface area is 165 Å². The minimum Gasteiger partial charge on any atom is -0.478 e. The largest absolute Gasteiger partial charge is 0.478 e. The van der Waals surface area contributed by atoms with Crippen molar-refractivity contribution in [2.75, 3.05) is 13.7 Å². The first-order valence-electron chi connectivity index (χ1n) is 9.60. The molecule has 0 saturated carbocycles. The molecule has 0 atom stereocenters. The number of nitrogens with zero attached hydrogens (tertiary/aromatic N) is 3. The van der Waals surface area contributed by atoms with Crippen LogP contribution in [-0.2, 0) is 14.3 Å². The number of amides is 1. The molecule has 28 heavy (non-hydrogen) atoms. The van der Waals surface area contributed by atoms with Crippen molar-refractivity contribution in [3.8, 4) is 11.6 Å². The SMILES string of the molecule is CCCCCCCCOc1cc(=NC(=O)C(=O)OC)cnn1-c1ccccc1. The number of hydrogen-bond donors (Lipinski definition) is 0. The first kappa shape index (κ1) is 21.3. The molecule has 2 aromatic rings. The maximum absolute atomic E-state index is 11.7. The van der Waals surface area contributed by atoms with Crippen molar-refractivity contribution < 1.29 is 19.1 Å². The molecule has 7 heteroatoms. The lowest BCUT2D eigenvalue weighted by Gasteiger charge is -2.13. The summed E-state index contributed by atoms with van der Waals surface area (Å²) in [7, 11) is 1.14. The maximum atomic E-state index is 11.7. The smallest absolute Gasteiger partial charge is 0.398 e. The van der Waals surface area contributed by atoms with Gasteiger partial charge in [0.1, 0.15) is 0 Å². The second-order valence-corrected chi connectivity index (χ2v) is 6.32. The van der Waals surface area contributed by atoms with Gasteiger partial charge in [-0.25, -0.2) is 14.5 Å². The van der Waals surface area contributed by atoms with E-state index in [1.807, 2.05) is 30.3 Å². The molecule has 0 unspecified atom stereocenters. The van der Waals surface area contributed by atoms with Crippen LogP contribution >= 0.6 is 0 Å². The molecule has 0 aliphatic carbocycles. The van der Waals surface area contributed by atoms with Gasteiger partial charge in [-0.05, 0) is 18.6 Å². The Bertz CT molecular complexity index is 831. The number of methoxy groups -OCH3 is 1. The summed E-state index contributed by atoms with van der Waals surface area (Å²) >= 11 is 0. The number of esters is 1. The number of aromatic nitrogens is 2. The predicted molar refractivity (Wildman–Crippen MR) is 105 cm³/mol. The summed E-state index contributed by atoms with van der Waals surface area (Å²) < 4.78 is 11.9. The fraction of sp³-hybridized carbons (Fsp3) is 0.429. The van der Waals surface area contributed by atoms with Gasteiger partial charge in [-0.15, -0.1) is 0 Å². The Hall–Kier alpha value is -2.96. The van der Waals surface area contributed by atoms with Gasteiger partial charge in [0.2, 0.25) is 5.88 Å². The van der Waals surface area contributed by atoms with Crippen LogP contribution in [0.5, 0.6) is 5.88 Å². The average molecular weight is 385 g/mol. The molecule has 0 radical (unpaired) electrons. The highest BCUT2D eigenvalue weighted by Crippen LogP contribution is 2.15. The third kappa shape index (κ3) is 6.64. The molecule has 1 aromatic carbocycles. The van der Waals surface area contributed by atoms with Crippen molar-refractivity contribution >= 4 is 11.9 Å². The second-order valence-electron chi connectivity index (χ2n) is 6.32. The van der Waals surface area contributed by atoms with Crippen molar-refractivity contribution in [2.45, 2.75) is 45.4 Å². The van der Waals surface area contributed by atoms with E-state index in [4.69, 9.17) is 4.74 Å². The molecule has 1 heterocycles. The van der Waals surface area contributed by atoms with Gasteiger partial charge in [0.25, 0.3) is 0 Å². The summed E-state index contributed by atoms with van der Waals surface area (Å²) in [6.45, 7) is 2.73. The lowest BCUT2D eigenvalue weighted by molar-refractivity contribution is -0.151. The Morgan fingerprint density at radius 2 is 1.79 bits per heavy atom. The Morgan fingerprint density at radius 3 is 2.50 bits per heavy atom. The van der Waals surface area contributed by atoms with E-state index >= 15 is 0 Å². The number of ether oxygens (including phenoxy) is 2. The summed E-state index contributed by atoms with van der Waals surface area (Å²) in [5.74, 6) is -1.54. The van der Waals surface area contributed by atoms with Crippen molar-refractivity contribution in [3.63, 3.8) is 0 Å². The van der Waals surface area contributed by atoms with E-state index in [9.17, 15) is 9.59 Å². The first-order valence-corrected chi connectivity index (χ1v) is 9.60. The van der Waals surface area contributed by atoms with Crippen LogP contribution in [0.1, 0.15) is 45.4 Å². The molecular formula is C21H27N3O4. The number of benzene rings is 1. The molecule has 0 N–H and O–H groups in total. The molecule has 1 amide bonds. The van der Waals surface area contributed by atoms with Gasteiger partial charge in [-0.2, -0.15) is 5.10 Å². The first-order chi connectivity index (χ1) is 13.7. The third-order valence-electron chi connectivity index (χ3n) is 4.12. The fourth-order valence-electron chi connectivity index (χ4n) is 2.64. The van der Waals surface area contributed by atoms with Crippen molar-refractivity contribution in [3.05, 3.63) is 48.0 Å². The number of carbonyl (C=O) groups excluding carboxylic acids is 2. The summed E-state index contributed by atoms with van der Waals surface area (Å²) in [4.78, 5) is 26.7. The summed E-state index contributed by atoms with van der Waals surface area (Å²) in [6, 6.07) is 11.1. The minimum absolute atomic E-state index is 0.237. The molecule has 0 saturated heterocycles. The highest BCUT2D eigenvalue weighted by molar-refractivity contribution is 6.32. The number of unbranched alkanes of at least 4 members (excludes halogenated alkanes) is 5. The van der Waals surface area contributed by atoms with Crippen LogP contribution in [0.4, 0.5) is 0 Å². The lowest BCUT2D eigenvalue weighted by atomic mass is 10.1. The molecule has 0 aliphatic heterocycles. The van der Waals surface area contributed by atoms with E-state index in [1.54, 1.807) is 10.7 Å². The van der Waals surface area contributed by atoms with Crippen molar-refractivity contribution in [1.29, 1.82) is 0 Å². The van der Waals surface area contributed by atoms with E-state index < -0.39 is 11.9 Å². The van der Waals surface area contributed by atoms with E-state index in [2.05, 4.69) is 21.8 Å². The van der Waals surface area contributed by atoms with Gasteiger partial charge in [-0.1, -0.05) is 57.2 Å². The van der Waals surface area contributed by atoms with Gasteiger partial charge in [0, 0.05) is 6.07 Å². The second kappa shape index (κ2) is 11.7. The van der Waals surface area contributed by atoms with E-state index in [1.165, 1.54) is 31.9 Å². The van der Waals surface area contributed by atoms with Gasteiger partial charge < -0.3 is 9.47 Å². The lowest BCUT2D eigenvalue weighted by Crippen LogP contribution is -2.19. The number of hydrogen-bond acceptors (Lipinski definition) is 5. The Kier molecular flexibility index (Phi) is 8.91. The fourth-order valence-corrected chi connectivity index (χ4v) is 2.64. The molecular weight excluding hydrogens is 358 g/mol. The maximum Gasteiger partial charge on any atom is 0.398 e. The van der Waals surface area contributed by atoms with Crippen LogP contribution < -0.4 is 10.1 Å². The molecule has 2 rings (SSSR count). The highest BCUT2D eigenvalue weighted by Gasteiger charge is 2.12. The molecule has 0 bridgehead atoms. The minimum atomic E-state index is -1.02. The Morgan fingerprint density at radius 1 is 1.07 bits per heavy atom. The van der Waals surface area contributed by atoms with Crippen LogP contribution in [0.25, 0.3) is 5.69 Å². The topological polar surface area (TPSA) is 82.8 Å². The van der Waals surface area contributed by atoms with Crippen molar-refractivity contribution in [2.24, 2.45) is 4.99 Å². The summed E-state index contributed by atoms with van der Waals surface area (Å²) in [5, 5.41) is 4.56. The standard InChI is InChI=1S/C21H27N3O4/c1-3-4-5-6-7-11-14-28-19-15-17(23-20(25)21(26)27-2)16-22-24(19)18-12-9-8-10-13-18/h8-10,12-13,15-16H,3-7,11,14H2,1-2H3. The molecule has 0 aliphatic rings. The van der Waals surface area contributed by atoms with E-state index in [-0.39, 0.29) is 5.36 Å². The molecule has 1 aromatic heterocycles. The molecule has 150 valence electrons. The van der Waals surface area contributed by atoms with Crippen LogP contribution in [0.3, 0.4) is 0 Å². The van der Waals surface area contributed by atoms with Crippen LogP contribution in [0.15, 0.2) is 47.6 Å². The number of rotatable bonds is 9.